The lowest BCUT2D eigenvalue weighted by molar-refractivity contribution is 0.405. The first-order valence-corrected chi connectivity index (χ1v) is 7.76. The minimum atomic E-state index is 0.380. The fourth-order valence-corrected chi connectivity index (χ4v) is 2.79. The summed E-state index contributed by atoms with van der Waals surface area (Å²) in [6.07, 6.45) is 0. The lowest BCUT2D eigenvalue weighted by atomic mass is 10.1. The van der Waals surface area contributed by atoms with Crippen molar-refractivity contribution in [2.75, 3.05) is 14.2 Å². The largest absolute Gasteiger partial charge is 0.497 e. The van der Waals surface area contributed by atoms with Crippen LogP contribution in [0.2, 0.25) is 0 Å². The Hall–Kier alpha value is -3.28. The number of fused-ring (bicyclic) bond motifs is 1. The molecular weight excluding hydrogens is 320 g/mol. The summed E-state index contributed by atoms with van der Waals surface area (Å²) in [5.41, 5.74) is 2.41. The second kappa shape index (κ2) is 5.98. The highest BCUT2D eigenvalue weighted by Crippen LogP contribution is 2.35. The Bertz CT molecular complexity index is 1050. The molecule has 0 fully saturated rings. The quantitative estimate of drug-likeness (QED) is 0.547. The van der Waals surface area contributed by atoms with E-state index in [1.165, 1.54) is 0 Å². The Labute approximate surface area is 144 Å². The maximum Gasteiger partial charge on any atom is 0.262 e. The summed E-state index contributed by atoms with van der Waals surface area (Å²) in [5.74, 6) is 2.79. The average Bonchev–Trinajstić information content (AvgIpc) is 3.26. The molecule has 25 heavy (non-hydrogen) atoms. The first-order chi connectivity index (χ1) is 12.2. The topological polar surface area (TPSA) is 70.5 Å². The van der Waals surface area contributed by atoms with Crippen LogP contribution in [0.1, 0.15) is 5.56 Å². The molecule has 2 heterocycles. The molecule has 6 heteroatoms. The zero-order chi connectivity index (χ0) is 17.4. The van der Waals surface area contributed by atoms with Gasteiger partial charge in [0.1, 0.15) is 17.1 Å². The molecule has 0 bridgehead atoms. The van der Waals surface area contributed by atoms with Crippen molar-refractivity contribution in [1.82, 2.24) is 10.1 Å². The third kappa shape index (κ3) is 2.52. The lowest BCUT2D eigenvalue weighted by Crippen LogP contribution is -1.87. The SMILES string of the molecule is COc1ccc2oc(-c3noc(-c4ccccc4OC)n3)c(C)c2c1. The molecule has 0 aliphatic heterocycles. The smallest absolute Gasteiger partial charge is 0.262 e. The Kier molecular flexibility index (Phi) is 3.65. The zero-order valence-corrected chi connectivity index (χ0v) is 14.1. The van der Waals surface area contributed by atoms with Crippen molar-refractivity contribution in [2.24, 2.45) is 0 Å². The van der Waals surface area contributed by atoms with Crippen LogP contribution in [0.25, 0.3) is 34.0 Å². The molecule has 0 amide bonds. The molecule has 4 aromatic rings. The van der Waals surface area contributed by atoms with Crippen LogP contribution in [0.5, 0.6) is 11.5 Å². The molecule has 0 saturated heterocycles. The maximum atomic E-state index is 5.92. The Balaban J connectivity index is 1.80. The van der Waals surface area contributed by atoms with E-state index in [4.69, 9.17) is 18.4 Å². The number of hydrogen-bond donors (Lipinski definition) is 0. The number of methoxy groups -OCH3 is 2. The highest BCUT2D eigenvalue weighted by atomic mass is 16.5. The van der Waals surface area contributed by atoms with Gasteiger partial charge in [-0.15, -0.1) is 0 Å². The number of aromatic nitrogens is 2. The second-order valence-corrected chi connectivity index (χ2v) is 5.54. The van der Waals surface area contributed by atoms with Gasteiger partial charge < -0.3 is 18.4 Å². The molecular formula is C19H16N2O4. The second-order valence-electron chi connectivity index (χ2n) is 5.54. The third-order valence-electron chi connectivity index (χ3n) is 4.11. The van der Waals surface area contributed by atoms with E-state index in [2.05, 4.69) is 10.1 Å². The number of furan rings is 1. The molecule has 126 valence electrons. The predicted octanol–water partition coefficient (Wildman–Crippen LogP) is 4.48. The number of rotatable bonds is 4. The lowest BCUT2D eigenvalue weighted by Gasteiger charge is -2.02. The van der Waals surface area contributed by atoms with Crippen molar-refractivity contribution in [3.05, 3.63) is 48.0 Å². The zero-order valence-electron chi connectivity index (χ0n) is 14.1. The van der Waals surface area contributed by atoms with Crippen LogP contribution >= 0.6 is 0 Å². The molecule has 4 rings (SSSR count). The van der Waals surface area contributed by atoms with Crippen molar-refractivity contribution in [3.8, 4) is 34.5 Å². The van der Waals surface area contributed by atoms with E-state index in [1.807, 2.05) is 49.4 Å². The van der Waals surface area contributed by atoms with Gasteiger partial charge in [0.15, 0.2) is 5.76 Å². The van der Waals surface area contributed by atoms with Crippen molar-refractivity contribution in [2.45, 2.75) is 6.92 Å². The van der Waals surface area contributed by atoms with Gasteiger partial charge in [-0.1, -0.05) is 17.3 Å². The fraction of sp³-hybridized carbons (Fsp3) is 0.158. The molecule has 0 spiro atoms. The van der Waals surface area contributed by atoms with E-state index in [-0.39, 0.29) is 0 Å². The van der Waals surface area contributed by atoms with Crippen molar-refractivity contribution >= 4 is 11.0 Å². The number of nitrogens with zero attached hydrogens (tertiary/aromatic N) is 2. The summed E-state index contributed by atoms with van der Waals surface area (Å²) >= 11 is 0. The van der Waals surface area contributed by atoms with Crippen molar-refractivity contribution in [3.63, 3.8) is 0 Å². The van der Waals surface area contributed by atoms with Crippen LogP contribution in [-0.2, 0) is 0 Å². The summed E-state index contributed by atoms with van der Waals surface area (Å²) in [6.45, 7) is 1.96. The summed E-state index contributed by atoms with van der Waals surface area (Å²) in [4.78, 5) is 4.48. The van der Waals surface area contributed by atoms with Gasteiger partial charge in [-0.25, -0.2) is 0 Å². The van der Waals surface area contributed by atoms with Gasteiger partial charge in [0.25, 0.3) is 5.89 Å². The minimum absolute atomic E-state index is 0.380. The van der Waals surface area contributed by atoms with Crippen LogP contribution < -0.4 is 9.47 Å². The van der Waals surface area contributed by atoms with Crippen molar-refractivity contribution < 1.29 is 18.4 Å². The van der Waals surface area contributed by atoms with Gasteiger partial charge in [-0.3, -0.25) is 0 Å². The number of hydrogen-bond acceptors (Lipinski definition) is 6. The van der Waals surface area contributed by atoms with Gasteiger partial charge in [0, 0.05) is 10.9 Å². The highest BCUT2D eigenvalue weighted by Gasteiger charge is 2.20. The molecule has 0 N–H and O–H groups in total. The van der Waals surface area contributed by atoms with Gasteiger partial charge in [0.05, 0.1) is 19.8 Å². The fourth-order valence-electron chi connectivity index (χ4n) is 2.79. The molecule has 2 aromatic carbocycles. The first kappa shape index (κ1) is 15.3. The molecule has 0 atom stereocenters. The molecule has 0 unspecified atom stereocenters. The number of aryl methyl sites for hydroxylation is 1. The summed E-state index contributed by atoms with van der Waals surface area (Å²) in [5, 5.41) is 5.03. The molecule has 0 aliphatic rings. The van der Waals surface area contributed by atoms with Gasteiger partial charge in [-0.2, -0.15) is 4.98 Å². The van der Waals surface area contributed by atoms with E-state index in [0.29, 0.717) is 23.2 Å². The highest BCUT2D eigenvalue weighted by molar-refractivity contribution is 5.87. The molecule has 0 aliphatic carbocycles. The Morgan fingerprint density at radius 3 is 2.64 bits per heavy atom. The van der Waals surface area contributed by atoms with E-state index >= 15 is 0 Å². The van der Waals surface area contributed by atoms with E-state index in [0.717, 1.165) is 27.8 Å². The third-order valence-corrected chi connectivity index (χ3v) is 4.11. The summed E-state index contributed by atoms with van der Waals surface area (Å²) in [7, 11) is 3.24. The number of para-hydroxylation sites is 1. The standard InChI is InChI=1S/C19H16N2O4/c1-11-14-10-12(22-2)8-9-16(14)24-17(11)18-20-19(25-21-18)13-6-4-5-7-15(13)23-3/h4-10H,1-3H3. The van der Waals surface area contributed by atoms with Gasteiger partial charge >= 0.3 is 0 Å². The molecule has 0 radical (unpaired) electrons. The van der Waals surface area contributed by atoms with E-state index < -0.39 is 0 Å². The Morgan fingerprint density at radius 2 is 1.84 bits per heavy atom. The van der Waals surface area contributed by atoms with Crippen LogP contribution in [-0.4, -0.2) is 24.4 Å². The molecule has 6 nitrogen and oxygen atoms in total. The van der Waals surface area contributed by atoms with Crippen LogP contribution in [0.15, 0.2) is 51.4 Å². The average molecular weight is 336 g/mol. The van der Waals surface area contributed by atoms with E-state index in [9.17, 15) is 0 Å². The predicted molar refractivity (Wildman–Crippen MR) is 92.8 cm³/mol. The molecule has 2 aromatic heterocycles. The van der Waals surface area contributed by atoms with E-state index in [1.54, 1.807) is 14.2 Å². The summed E-state index contributed by atoms with van der Waals surface area (Å²) < 4.78 is 22.0. The minimum Gasteiger partial charge on any atom is -0.497 e. The normalized spacial score (nSPS) is 11.0. The number of benzene rings is 2. The Morgan fingerprint density at radius 1 is 1.00 bits per heavy atom. The maximum absolute atomic E-state index is 5.92. The molecule has 0 saturated carbocycles. The van der Waals surface area contributed by atoms with Gasteiger partial charge in [0.2, 0.25) is 5.82 Å². The summed E-state index contributed by atoms with van der Waals surface area (Å²) in [6, 6.07) is 13.1. The van der Waals surface area contributed by atoms with Crippen LogP contribution in [0, 0.1) is 6.92 Å². The first-order valence-electron chi connectivity index (χ1n) is 7.76. The van der Waals surface area contributed by atoms with Gasteiger partial charge in [-0.05, 0) is 37.3 Å². The monoisotopic (exact) mass is 336 g/mol. The van der Waals surface area contributed by atoms with Crippen LogP contribution in [0.3, 0.4) is 0 Å². The number of ether oxygens (including phenoxy) is 2. The van der Waals surface area contributed by atoms with Crippen molar-refractivity contribution in [1.29, 1.82) is 0 Å². The van der Waals surface area contributed by atoms with Crippen LogP contribution in [0.4, 0.5) is 0 Å².